The third-order valence-electron chi connectivity index (χ3n) is 2.57. The molecule has 0 bridgehead atoms. The second-order valence-electron chi connectivity index (χ2n) is 3.57. The molecule has 74 valence electrons. The molecule has 0 atom stereocenters. The van der Waals surface area contributed by atoms with Crippen molar-refractivity contribution in [3.63, 3.8) is 0 Å². The average molecular weight is 191 g/mol. The van der Waals surface area contributed by atoms with Crippen molar-refractivity contribution in [1.82, 2.24) is 4.90 Å². The SMILES string of the molecule is O=C(C1COC1)N1CC(C(F)F)C1. The predicted octanol–water partition coefficient (Wildman–Crippen LogP) is 0.356. The van der Waals surface area contributed by atoms with Crippen molar-refractivity contribution in [3.8, 4) is 0 Å². The van der Waals surface area contributed by atoms with E-state index in [4.69, 9.17) is 4.74 Å². The molecule has 2 aliphatic rings. The van der Waals surface area contributed by atoms with E-state index in [2.05, 4.69) is 0 Å². The van der Waals surface area contributed by atoms with Crippen LogP contribution in [0, 0.1) is 11.8 Å². The van der Waals surface area contributed by atoms with Gasteiger partial charge in [-0.05, 0) is 0 Å². The molecule has 0 aromatic rings. The van der Waals surface area contributed by atoms with E-state index in [-0.39, 0.29) is 24.9 Å². The molecule has 2 fully saturated rings. The Balaban J connectivity index is 1.76. The maximum atomic E-state index is 12.1. The van der Waals surface area contributed by atoms with E-state index in [0.29, 0.717) is 13.2 Å². The Morgan fingerprint density at radius 1 is 1.38 bits per heavy atom. The first-order valence-electron chi connectivity index (χ1n) is 4.33. The van der Waals surface area contributed by atoms with Crippen LogP contribution in [0.3, 0.4) is 0 Å². The zero-order chi connectivity index (χ0) is 9.42. The Labute approximate surface area is 74.6 Å². The van der Waals surface area contributed by atoms with Crippen LogP contribution in [0.25, 0.3) is 0 Å². The van der Waals surface area contributed by atoms with Gasteiger partial charge in [-0.3, -0.25) is 4.79 Å². The largest absolute Gasteiger partial charge is 0.380 e. The lowest BCUT2D eigenvalue weighted by Gasteiger charge is -2.42. The van der Waals surface area contributed by atoms with E-state index in [1.165, 1.54) is 4.90 Å². The van der Waals surface area contributed by atoms with Crippen molar-refractivity contribution >= 4 is 5.91 Å². The monoisotopic (exact) mass is 191 g/mol. The van der Waals surface area contributed by atoms with Crippen LogP contribution in [0.4, 0.5) is 8.78 Å². The number of rotatable bonds is 2. The number of halogens is 2. The highest BCUT2D eigenvalue weighted by molar-refractivity contribution is 5.80. The van der Waals surface area contributed by atoms with Gasteiger partial charge in [0.1, 0.15) is 0 Å². The van der Waals surface area contributed by atoms with Crippen molar-refractivity contribution in [3.05, 3.63) is 0 Å². The number of hydrogen-bond donors (Lipinski definition) is 0. The molecule has 5 heteroatoms. The summed E-state index contributed by atoms with van der Waals surface area (Å²) in [6.45, 7) is 1.34. The molecule has 0 aliphatic carbocycles. The number of alkyl halides is 2. The molecule has 2 saturated heterocycles. The van der Waals surface area contributed by atoms with Gasteiger partial charge in [-0.25, -0.2) is 8.78 Å². The van der Waals surface area contributed by atoms with Gasteiger partial charge in [-0.1, -0.05) is 0 Å². The lowest BCUT2D eigenvalue weighted by atomic mass is 9.97. The van der Waals surface area contributed by atoms with E-state index >= 15 is 0 Å². The van der Waals surface area contributed by atoms with E-state index in [1.807, 2.05) is 0 Å². The molecular weight excluding hydrogens is 180 g/mol. The highest BCUT2D eigenvalue weighted by atomic mass is 19.3. The lowest BCUT2D eigenvalue weighted by molar-refractivity contribution is -0.160. The maximum Gasteiger partial charge on any atom is 0.244 e. The smallest absolute Gasteiger partial charge is 0.244 e. The van der Waals surface area contributed by atoms with Crippen LogP contribution in [0.5, 0.6) is 0 Å². The van der Waals surface area contributed by atoms with E-state index in [0.717, 1.165) is 0 Å². The molecule has 0 radical (unpaired) electrons. The zero-order valence-corrected chi connectivity index (χ0v) is 7.08. The summed E-state index contributed by atoms with van der Waals surface area (Å²) in [6.07, 6.45) is -2.29. The number of amides is 1. The number of hydrogen-bond acceptors (Lipinski definition) is 2. The van der Waals surface area contributed by atoms with Gasteiger partial charge in [-0.2, -0.15) is 0 Å². The molecule has 1 amide bonds. The molecule has 0 saturated carbocycles. The molecule has 0 aromatic carbocycles. The summed E-state index contributed by atoms with van der Waals surface area (Å²) in [7, 11) is 0. The summed E-state index contributed by atoms with van der Waals surface area (Å²) in [5.41, 5.74) is 0. The molecule has 0 aromatic heterocycles. The first-order valence-corrected chi connectivity index (χ1v) is 4.33. The average Bonchev–Trinajstić information content (AvgIpc) is 1.76. The Morgan fingerprint density at radius 3 is 2.38 bits per heavy atom. The first-order chi connectivity index (χ1) is 6.18. The number of carbonyl (C=O) groups excluding carboxylic acids is 1. The van der Waals surface area contributed by atoms with Gasteiger partial charge >= 0.3 is 0 Å². The van der Waals surface area contributed by atoms with Gasteiger partial charge in [0.2, 0.25) is 12.3 Å². The van der Waals surface area contributed by atoms with Crippen LogP contribution < -0.4 is 0 Å². The van der Waals surface area contributed by atoms with Crippen LogP contribution in [-0.4, -0.2) is 43.5 Å². The summed E-state index contributed by atoms with van der Waals surface area (Å²) in [4.78, 5) is 12.9. The minimum atomic E-state index is -2.29. The minimum Gasteiger partial charge on any atom is -0.380 e. The van der Waals surface area contributed by atoms with Gasteiger partial charge < -0.3 is 9.64 Å². The Bertz CT molecular complexity index is 212. The minimum absolute atomic E-state index is 0.0249. The highest BCUT2D eigenvalue weighted by Gasteiger charge is 2.40. The van der Waals surface area contributed by atoms with Crippen LogP contribution >= 0.6 is 0 Å². The van der Waals surface area contributed by atoms with E-state index < -0.39 is 12.3 Å². The van der Waals surface area contributed by atoms with E-state index in [1.54, 1.807) is 0 Å². The Morgan fingerprint density at radius 2 is 2.00 bits per heavy atom. The second-order valence-corrected chi connectivity index (χ2v) is 3.57. The molecule has 2 heterocycles. The van der Waals surface area contributed by atoms with Crippen LogP contribution in [-0.2, 0) is 9.53 Å². The summed E-state index contributed by atoms with van der Waals surface area (Å²) in [6, 6.07) is 0. The first kappa shape index (κ1) is 8.87. The molecular formula is C8H11F2NO2. The van der Waals surface area contributed by atoms with E-state index in [9.17, 15) is 13.6 Å². The molecule has 0 spiro atoms. The summed E-state index contributed by atoms with van der Waals surface area (Å²) >= 11 is 0. The molecule has 0 unspecified atom stereocenters. The molecule has 0 N–H and O–H groups in total. The van der Waals surface area contributed by atoms with Crippen molar-refractivity contribution < 1.29 is 18.3 Å². The Hall–Kier alpha value is -0.710. The van der Waals surface area contributed by atoms with Gasteiger partial charge in [0.05, 0.1) is 25.0 Å². The molecule has 2 rings (SSSR count). The van der Waals surface area contributed by atoms with Gasteiger partial charge in [0.25, 0.3) is 0 Å². The van der Waals surface area contributed by atoms with Gasteiger partial charge in [0, 0.05) is 13.1 Å². The number of carbonyl (C=O) groups is 1. The fourth-order valence-electron chi connectivity index (χ4n) is 1.49. The van der Waals surface area contributed by atoms with Gasteiger partial charge in [-0.15, -0.1) is 0 Å². The number of nitrogens with zero attached hydrogens (tertiary/aromatic N) is 1. The molecule has 2 aliphatic heterocycles. The topological polar surface area (TPSA) is 29.5 Å². The third kappa shape index (κ3) is 1.52. The molecule has 3 nitrogen and oxygen atoms in total. The van der Waals surface area contributed by atoms with Crippen LogP contribution in [0.2, 0.25) is 0 Å². The summed E-state index contributed by atoms with van der Waals surface area (Å²) in [5.74, 6) is -0.702. The summed E-state index contributed by atoms with van der Waals surface area (Å²) < 4.78 is 29.0. The fourth-order valence-corrected chi connectivity index (χ4v) is 1.49. The quantitative estimate of drug-likeness (QED) is 0.630. The number of likely N-dealkylation sites (tertiary alicyclic amines) is 1. The van der Waals surface area contributed by atoms with Crippen molar-refractivity contribution in [2.24, 2.45) is 11.8 Å². The van der Waals surface area contributed by atoms with Gasteiger partial charge in [0.15, 0.2) is 0 Å². The Kier molecular flexibility index (Phi) is 2.19. The fraction of sp³-hybridized carbons (Fsp3) is 0.875. The zero-order valence-electron chi connectivity index (χ0n) is 7.08. The number of ether oxygens (including phenoxy) is 1. The standard InChI is InChI=1S/C8H11F2NO2/c9-7(10)5-1-11(2-5)8(12)6-3-13-4-6/h5-7H,1-4H2. The second kappa shape index (κ2) is 3.21. The van der Waals surface area contributed by atoms with Crippen molar-refractivity contribution in [1.29, 1.82) is 0 Å². The lowest BCUT2D eigenvalue weighted by Crippen LogP contribution is -2.57. The van der Waals surface area contributed by atoms with Crippen molar-refractivity contribution in [2.75, 3.05) is 26.3 Å². The highest BCUT2D eigenvalue weighted by Crippen LogP contribution is 2.25. The van der Waals surface area contributed by atoms with Crippen molar-refractivity contribution in [2.45, 2.75) is 6.43 Å². The third-order valence-corrected chi connectivity index (χ3v) is 2.57. The van der Waals surface area contributed by atoms with Crippen LogP contribution in [0.15, 0.2) is 0 Å². The normalized spacial score (nSPS) is 24.4. The summed E-state index contributed by atoms with van der Waals surface area (Å²) in [5, 5.41) is 0. The van der Waals surface area contributed by atoms with Crippen LogP contribution in [0.1, 0.15) is 0 Å². The molecule has 13 heavy (non-hydrogen) atoms. The maximum absolute atomic E-state index is 12.1. The predicted molar refractivity (Wildman–Crippen MR) is 40.4 cm³/mol.